The Balaban J connectivity index is 1.50. The molecule has 1 saturated heterocycles. The Labute approximate surface area is 196 Å². The Bertz CT molecular complexity index is 1400. The highest BCUT2D eigenvalue weighted by Crippen LogP contribution is 2.40. The predicted octanol–water partition coefficient (Wildman–Crippen LogP) is 4.17. The summed E-state index contributed by atoms with van der Waals surface area (Å²) in [6.07, 6.45) is -1.02. The summed E-state index contributed by atoms with van der Waals surface area (Å²) < 4.78 is 92.3. The summed E-state index contributed by atoms with van der Waals surface area (Å²) in [5.74, 6) is -3.46. The first-order valence-corrected chi connectivity index (χ1v) is 12.0. The van der Waals surface area contributed by atoms with Crippen LogP contribution in [0.15, 0.2) is 43.0 Å². The second-order valence-corrected chi connectivity index (χ2v) is 10.9. The van der Waals surface area contributed by atoms with Crippen LogP contribution in [0, 0.1) is 11.6 Å². The van der Waals surface area contributed by atoms with Crippen molar-refractivity contribution in [1.82, 2.24) is 14.5 Å². The molecule has 1 aliphatic heterocycles. The lowest BCUT2D eigenvalue weighted by Gasteiger charge is -2.19. The van der Waals surface area contributed by atoms with E-state index in [4.69, 9.17) is 0 Å². The monoisotopic (exact) mass is 514 g/mol. The summed E-state index contributed by atoms with van der Waals surface area (Å²) in [6, 6.07) is 3.53. The molecule has 0 unspecified atom stereocenters. The van der Waals surface area contributed by atoms with Crippen LogP contribution < -0.4 is 5.32 Å². The highest BCUT2D eigenvalue weighted by atomic mass is 32.2. The Kier molecular flexibility index (Phi) is 6.16. The molecule has 1 aromatic carbocycles. The maximum absolute atomic E-state index is 14.7. The van der Waals surface area contributed by atoms with E-state index in [0.717, 1.165) is 24.4 Å². The van der Waals surface area contributed by atoms with Crippen LogP contribution in [0.25, 0.3) is 5.82 Å². The zero-order valence-corrected chi connectivity index (χ0v) is 19.1. The van der Waals surface area contributed by atoms with Crippen molar-refractivity contribution >= 4 is 21.4 Å². The summed E-state index contributed by atoms with van der Waals surface area (Å²) in [5.41, 5.74) is -1.80. The van der Waals surface area contributed by atoms with Gasteiger partial charge in [0.2, 0.25) is 5.91 Å². The minimum absolute atomic E-state index is 0.0434. The van der Waals surface area contributed by atoms with E-state index < -0.39 is 55.8 Å². The molecule has 2 aromatic heterocycles. The van der Waals surface area contributed by atoms with Crippen LogP contribution in [0.3, 0.4) is 0 Å². The van der Waals surface area contributed by atoms with E-state index in [0.29, 0.717) is 18.9 Å². The molecule has 1 N–H and O–H groups in total. The average molecular weight is 514 g/mol. The molecule has 186 valence electrons. The number of anilines is 1. The van der Waals surface area contributed by atoms with Gasteiger partial charge in [-0.2, -0.15) is 13.2 Å². The number of nitrogens with one attached hydrogen (secondary N) is 1. The van der Waals surface area contributed by atoms with Crippen molar-refractivity contribution in [2.75, 3.05) is 11.1 Å². The minimum atomic E-state index is -4.91. The fourth-order valence-electron chi connectivity index (χ4n) is 3.98. The molecule has 3 heterocycles. The number of carbonyl (C=O) groups is 1. The molecular weight excluding hydrogens is 495 g/mol. The molecule has 3 aromatic rings. The molecular formula is C22H19F5N4O3S. The molecule has 0 bridgehead atoms. The molecule has 4 rings (SSSR count). The second-order valence-electron chi connectivity index (χ2n) is 8.35. The number of carbonyl (C=O) groups excluding carboxylic acids is 1. The highest BCUT2D eigenvalue weighted by Gasteiger charge is 2.46. The number of alkyl halides is 3. The third kappa shape index (κ3) is 4.64. The fourth-order valence-corrected chi connectivity index (χ4v) is 5.84. The highest BCUT2D eigenvalue weighted by molar-refractivity contribution is 7.92. The van der Waals surface area contributed by atoms with Crippen LogP contribution in [0.4, 0.5) is 27.6 Å². The molecule has 0 spiro atoms. The minimum Gasteiger partial charge on any atom is -0.324 e. The maximum atomic E-state index is 14.7. The summed E-state index contributed by atoms with van der Waals surface area (Å²) in [5, 5.41) is 2.27. The van der Waals surface area contributed by atoms with Gasteiger partial charge in [-0.05, 0) is 31.4 Å². The lowest BCUT2D eigenvalue weighted by atomic mass is 10.0. The number of amides is 1. The van der Waals surface area contributed by atoms with Crippen molar-refractivity contribution in [3.8, 4) is 5.82 Å². The molecule has 1 atom stereocenters. The van der Waals surface area contributed by atoms with Crippen molar-refractivity contribution < 1.29 is 35.2 Å². The first kappa shape index (κ1) is 24.8. The van der Waals surface area contributed by atoms with Gasteiger partial charge in [-0.15, -0.1) is 0 Å². The number of rotatable bonds is 5. The number of nitrogens with zero attached hydrogens (tertiary/aromatic N) is 3. The largest absolute Gasteiger partial charge is 0.419 e. The smallest absolute Gasteiger partial charge is 0.324 e. The molecule has 1 amide bonds. The first-order chi connectivity index (χ1) is 16.3. The topological polar surface area (TPSA) is 93.9 Å². The Morgan fingerprint density at radius 2 is 1.97 bits per heavy atom. The van der Waals surface area contributed by atoms with Crippen LogP contribution in [0.1, 0.15) is 36.6 Å². The van der Waals surface area contributed by atoms with Gasteiger partial charge in [0.15, 0.2) is 21.5 Å². The predicted molar refractivity (Wildman–Crippen MR) is 115 cm³/mol. The van der Waals surface area contributed by atoms with E-state index in [1.165, 1.54) is 17.1 Å². The zero-order valence-electron chi connectivity index (χ0n) is 18.2. The van der Waals surface area contributed by atoms with Crippen molar-refractivity contribution in [1.29, 1.82) is 0 Å². The van der Waals surface area contributed by atoms with E-state index in [1.807, 2.05) is 0 Å². The third-order valence-corrected chi connectivity index (χ3v) is 8.58. The lowest BCUT2D eigenvalue weighted by molar-refractivity contribution is -0.140. The Hall–Kier alpha value is -3.35. The van der Waals surface area contributed by atoms with Crippen molar-refractivity contribution in [3.05, 3.63) is 71.4 Å². The molecule has 1 aliphatic rings. The lowest BCUT2D eigenvalue weighted by Crippen LogP contribution is -2.28. The number of hydrogen-bond donors (Lipinski definition) is 1. The van der Waals surface area contributed by atoms with Crippen LogP contribution in [-0.2, 0) is 32.0 Å². The van der Waals surface area contributed by atoms with Gasteiger partial charge in [-0.3, -0.25) is 9.36 Å². The maximum Gasteiger partial charge on any atom is 0.419 e. The van der Waals surface area contributed by atoms with Crippen LogP contribution in [-0.4, -0.2) is 34.6 Å². The van der Waals surface area contributed by atoms with Crippen LogP contribution in [0.5, 0.6) is 0 Å². The molecule has 13 heteroatoms. The van der Waals surface area contributed by atoms with Crippen molar-refractivity contribution in [2.45, 2.75) is 37.1 Å². The average Bonchev–Trinajstić information content (AvgIpc) is 3.34. The fraction of sp³-hybridized carbons (Fsp3) is 0.318. The standard InChI is InChI=1S/C22H19F5N4O3S/c1-21(6-3-7-35(21,33)34)17-11-31(12-29-17)20-16(23)9-14(10-28-20)30-18(32)8-13-4-2-5-15(19(13)24)22(25,26)27/h2,4-5,9-12H,3,6-8H2,1H3,(H,30,32)/t21-/m1/s1. The molecule has 0 radical (unpaired) electrons. The third-order valence-electron chi connectivity index (χ3n) is 5.96. The molecule has 0 aliphatic carbocycles. The second kappa shape index (κ2) is 8.70. The normalized spacial score (nSPS) is 19.6. The summed E-state index contributed by atoms with van der Waals surface area (Å²) in [7, 11) is -3.41. The quantitative estimate of drug-likeness (QED) is 0.516. The van der Waals surface area contributed by atoms with Gasteiger partial charge in [-0.1, -0.05) is 12.1 Å². The van der Waals surface area contributed by atoms with Gasteiger partial charge in [-0.25, -0.2) is 27.2 Å². The SMILES string of the molecule is C[C@]1(c2cn(-c3ncc(NC(=O)Cc4cccc(C(F)(F)F)c4F)cc3F)cn2)CCCS1(=O)=O. The molecule has 35 heavy (non-hydrogen) atoms. The van der Waals surface area contributed by atoms with Crippen molar-refractivity contribution in [3.63, 3.8) is 0 Å². The van der Waals surface area contributed by atoms with E-state index in [2.05, 4.69) is 15.3 Å². The van der Waals surface area contributed by atoms with Gasteiger partial charge >= 0.3 is 6.18 Å². The van der Waals surface area contributed by atoms with Crippen LogP contribution >= 0.6 is 0 Å². The van der Waals surface area contributed by atoms with Gasteiger partial charge in [0.1, 0.15) is 16.9 Å². The number of benzene rings is 1. The van der Waals surface area contributed by atoms with Gasteiger partial charge in [0.05, 0.1) is 35.3 Å². The number of sulfone groups is 1. The molecule has 7 nitrogen and oxygen atoms in total. The number of aromatic nitrogens is 3. The Morgan fingerprint density at radius 1 is 1.23 bits per heavy atom. The number of hydrogen-bond acceptors (Lipinski definition) is 5. The zero-order chi connectivity index (χ0) is 25.6. The van der Waals surface area contributed by atoms with E-state index in [9.17, 15) is 35.2 Å². The summed E-state index contributed by atoms with van der Waals surface area (Å²) in [4.78, 5) is 20.3. The number of pyridine rings is 1. The Morgan fingerprint density at radius 3 is 2.60 bits per heavy atom. The first-order valence-electron chi connectivity index (χ1n) is 10.4. The van der Waals surface area contributed by atoms with E-state index in [1.54, 1.807) is 6.92 Å². The van der Waals surface area contributed by atoms with E-state index >= 15 is 0 Å². The van der Waals surface area contributed by atoms with Crippen molar-refractivity contribution in [2.24, 2.45) is 0 Å². The van der Waals surface area contributed by atoms with Gasteiger partial charge in [0, 0.05) is 12.3 Å². The van der Waals surface area contributed by atoms with Gasteiger partial charge in [0.25, 0.3) is 0 Å². The molecule has 0 saturated carbocycles. The molecule has 1 fully saturated rings. The van der Waals surface area contributed by atoms with Gasteiger partial charge < -0.3 is 5.32 Å². The summed E-state index contributed by atoms with van der Waals surface area (Å²) in [6.45, 7) is 1.57. The summed E-state index contributed by atoms with van der Waals surface area (Å²) >= 11 is 0. The van der Waals surface area contributed by atoms with Crippen LogP contribution in [0.2, 0.25) is 0 Å². The number of imidazole rings is 1. The number of halogens is 5. The van der Waals surface area contributed by atoms with E-state index in [-0.39, 0.29) is 23.0 Å².